The van der Waals surface area contributed by atoms with E-state index in [4.69, 9.17) is 9.47 Å². The van der Waals surface area contributed by atoms with Crippen LogP contribution in [0.1, 0.15) is 23.6 Å². The van der Waals surface area contributed by atoms with Crippen molar-refractivity contribution in [2.24, 2.45) is 0 Å². The fourth-order valence-corrected chi connectivity index (χ4v) is 3.94. The van der Waals surface area contributed by atoms with Crippen molar-refractivity contribution in [3.63, 3.8) is 0 Å². The number of nitrogens with zero attached hydrogens (tertiary/aromatic N) is 2. The third-order valence-corrected chi connectivity index (χ3v) is 5.43. The Hall–Kier alpha value is -3.39. The number of Topliss-reactive ketones (excluding diaryl/α,β-unsaturated/α-hetero) is 1. The largest absolute Gasteiger partial charge is 0.872 e. The summed E-state index contributed by atoms with van der Waals surface area (Å²) in [4.78, 5) is 32.6. The zero-order chi connectivity index (χ0) is 22.0. The molecule has 4 rings (SSSR count). The van der Waals surface area contributed by atoms with Gasteiger partial charge < -0.3 is 24.4 Å². The van der Waals surface area contributed by atoms with Crippen LogP contribution in [0.3, 0.4) is 0 Å². The van der Waals surface area contributed by atoms with E-state index >= 15 is 0 Å². The lowest BCUT2D eigenvalue weighted by molar-refractivity contribution is -0.858. The van der Waals surface area contributed by atoms with Crippen molar-refractivity contribution in [3.05, 3.63) is 59.4 Å². The van der Waals surface area contributed by atoms with Crippen LogP contribution in [0.25, 0.3) is 5.76 Å². The maximum atomic E-state index is 13.4. The molecule has 1 atom stereocenters. The molecule has 1 amide bonds. The SMILES string of the molecule is C[NH+](C)CCCN1C(=O)C(=O)C(=C([O-])c2ccc3c(c2)OCCO3)C1c1ccncc1. The standard InChI is InChI=1S/C23H25N3O5/c1-25(2)10-3-11-26-20(15-6-8-24-9-7-15)19(22(28)23(26)29)21(27)16-4-5-17-18(14-16)31-13-12-30-17/h4-9,14,20,27H,3,10-13H2,1-2H3. The van der Waals surface area contributed by atoms with E-state index in [2.05, 4.69) is 4.98 Å². The number of carbonyl (C=O) groups is 2. The second kappa shape index (κ2) is 8.77. The van der Waals surface area contributed by atoms with Crippen LogP contribution in [-0.4, -0.2) is 62.0 Å². The highest BCUT2D eigenvalue weighted by molar-refractivity contribution is 6.46. The number of hydrogen-bond acceptors (Lipinski definition) is 6. The van der Waals surface area contributed by atoms with Crippen LogP contribution in [0.2, 0.25) is 0 Å². The Morgan fingerprint density at radius 2 is 1.84 bits per heavy atom. The Balaban J connectivity index is 1.76. The molecule has 1 aromatic carbocycles. The number of likely N-dealkylation sites (tertiary alicyclic amines) is 1. The average Bonchev–Trinajstić information content (AvgIpc) is 3.03. The number of carbonyl (C=O) groups excluding carboxylic acids is 2. The first-order valence-electron chi connectivity index (χ1n) is 10.3. The van der Waals surface area contributed by atoms with Gasteiger partial charge in [-0.3, -0.25) is 14.6 Å². The molecule has 0 spiro atoms. The highest BCUT2D eigenvalue weighted by Gasteiger charge is 2.44. The van der Waals surface area contributed by atoms with Crippen LogP contribution in [0.15, 0.2) is 48.3 Å². The topological polar surface area (TPSA) is 96.2 Å². The van der Waals surface area contributed by atoms with Crippen LogP contribution >= 0.6 is 0 Å². The van der Waals surface area contributed by atoms with Crippen molar-refractivity contribution in [1.29, 1.82) is 0 Å². The minimum atomic E-state index is -0.751. The number of pyridine rings is 1. The van der Waals surface area contributed by atoms with Gasteiger partial charge in [0.25, 0.3) is 5.91 Å². The molecule has 1 unspecified atom stereocenters. The smallest absolute Gasteiger partial charge is 0.295 e. The summed E-state index contributed by atoms with van der Waals surface area (Å²) in [6.07, 6.45) is 3.91. The zero-order valence-electron chi connectivity index (χ0n) is 17.6. The summed E-state index contributed by atoms with van der Waals surface area (Å²) < 4.78 is 11.1. The average molecular weight is 423 g/mol. The first kappa shape index (κ1) is 20.9. The van der Waals surface area contributed by atoms with E-state index in [1.54, 1.807) is 42.7 Å². The van der Waals surface area contributed by atoms with Gasteiger partial charge in [-0.1, -0.05) is 11.8 Å². The molecule has 3 heterocycles. The van der Waals surface area contributed by atoms with Crippen molar-refractivity contribution in [1.82, 2.24) is 9.88 Å². The summed E-state index contributed by atoms with van der Waals surface area (Å²) in [7, 11) is 4.06. The predicted octanol–water partition coefficient (Wildman–Crippen LogP) is -0.389. The van der Waals surface area contributed by atoms with Gasteiger partial charge in [0.1, 0.15) is 13.2 Å². The molecular formula is C23H25N3O5. The van der Waals surface area contributed by atoms with Gasteiger partial charge >= 0.3 is 0 Å². The van der Waals surface area contributed by atoms with E-state index in [1.807, 2.05) is 14.1 Å². The Morgan fingerprint density at radius 1 is 1.13 bits per heavy atom. The van der Waals surface area contributed by atoms with Gasteiger partial charge in [0.05, 0.1) is 26.7 Å². The van der Waals surface area contributed by atoms with Crippen molar-refractivity contribution >= 4 is 17.4 Å². The van der Waals surface area contributed by atoms with Crippen molar-refractivity contribution < 1.29 is 29.1 Å². The third-order valence-electron chi connectivity index (χ3n) is 5.43. The molecule has 162 valence electrons. The maximum Gasteiger partial charge on any atom is 0.295 e. The van der Waals surface area contributed by atoms with Crippen LogP contribution in [0, 0.1) is 0 Å². The van der Waals surface area contributed by atoms with E-state index < -0.39 is 23.5 Å². The summed E-state index contributed by atoms with van der Waals surface area (Å²) in [5.41, 5.74) is 0.941. The van der Waals surface area contributed by atoms with Gasteiger partial charge in [-0.2, -0.15) is 0 Å². The molecule has 0 aliphatic carbocycles. The molecule has 0 saturated carbocycles. The van der Waals surface area contributed by atoms with Gasteiger partial charge in [0.2, 0.25) is 5.78 Å². The molecule has 1 fully saturated rings. The number of quaternary nitrogens is 1. The number of amides is 1. The molecular weight excluding hydrogens is 398 g/mol. The lowest BCUT2D eigenvalue weighted by Crippen LogP contribution is -3.05. The van der Waals surface area contributed by atoms with Gasteiger partial charge in [0.15, 0.2) is 11.5 Å². The first-order valence-corrected chi connectivity index (χ1v) is 10.3. The number of ether oxygens (including phenoxy) is 2. The van der Waals surface area contributed by atoms with E-state index in [-0.39, 0.29) is 5.57 Å². The van der Waals surface area contributed by atoms with Gasteiger partial charge in [-0.15, -0.1) is 0 Å². The lowest BCUT2D eigenvalue weighted by Gasteiger charge is -2.28. The Labute approximate surface area is 180 Å². The number of nitrogens with one attached hydrogen (secondary N) is 1. The van der Waals surface area contributed by atoms with E-state index in [0.717, 1.165) is 6.54 Å². The summed E-state index contributed by atoms with van der Waals surface area (Å²) in [6.45, 7) is 2.06. The fraction of sp³-hybridized carbons (Fsp3) is 0.348. The molecule has 0 radical (unpaired) electrons. The quantitative estimate of drug-likeness (QED) is 0.386. The second-order valence-electron chi connectivity index (χ2n) is 7.92. The minimum absolute atomic E-state index is 0.0370. The monoisotopic (exact) mass is 423 g/mol. The van der Waals surface area contributed by atoms with E-state index in [9.17, 15) is 14.7 Å². The second-order valence-corrected chi connectivity index (χ2v) is 7.92. The maximum absolute atomic E-state index is 13.4. The molecule has 2 aromatic rings. The van der Waals surface area contributed by atoms with Crippen LogP contribution < -0.4 is 19.5 Å². The molecule has 2 aliphatic rings. The predicted molar refractivity (Wildman–Crippen MR) is 110 cm³/mol. The molecule has 1 aromatic heterocycles. The van der Waals surface area contributed by atoms with Crippen molar-refractivity contribution in [3.8, 4) is 11.5 Å². The van der Waals surface area contributed by atoms with Gasteiger partial charge in [-0.05, 0) is 35.4 Å². The summed E-state index contributed by atoms with van der Waals surface area (Å²) >= 11 is 0. The summed E-state index contributed by atoms with van der Waals surface area (Å²) in [5, 5.41) is 13.4. The van der Waals surface area contributed by atoms with Crippen LogP contribution in [0.4, 0.5) is 0 Å². The molecule has 8 heteroatoms. The number of ketones is 1. The highest BCUT2D eigenvalue weighted by atomic mass is 16.6. The van der Waals surface area contributed by atoms with Crippen molar-refractivity contribution in [2.75, 3.05) is 40.4 Å². The van der Waals surface area contributed by atoms with E-state index in [1.165, 1.54) is 9.80 Å². The molecule has 1 N–H and O–H groups in total. The third kappa shape index (κ3) is 4.11. The summed E-state index contributed by atoms with van der Waals surface area (Å²) in [5.74, 6) is -0.853. The Morgan fingerprint density at radius 3 is 2.55 bits per heavy atom. The minimum Gasteiger partial charge on any atom is -0.872 e. The van der Waals surface area contributed by atoms with Crippen LogP contribution in [0.5, 0.6) is 11.5 Å². The van der Waals surface area contributed by atoms with Gasteiger partial charge in [0, 0.05) is 30.9 Å². The molecule has 8 nitrogen and oxygen atoms in total. The highest BCUT2D eigenvalue weighted by Crippen LogP contribution is 2.40. The normalized spacial score (nSPS) is 19.8. The first-order chi connectivity index (χ1) is 15.0. The lowest BCUT2D eigenvalue weighted by atomic mass is 9.95. The number of benzene rings is 1. The summed E-state index contributed by atoms with van der Waals surface area (Å²) in [6, 6.07) is 7.56. The van der Waals surface area contributed by atoms with Crippen LogP contribution in [-0.2, 0) is 9.59 Å². The molecule has 0 bridgehead atoms. The fourth-order valence-electron chi connectivity index (χ4n) is 3.94. The number of hydrogen-bond donors (Lipinski definition) is 1. The van der Waals surface area contributed by atoms with Crippen molar-refractivity contribution in [2.45, 2.75) is 12.5 Å². The number of fused-ring (bicyclic) bond motifs is 1. The number of rotatable bonds is 6. The van der Waals surface area contributed by atoms with E-state index in [0.29, 0.717) is 48.8 Å². The molecule has 31 heavy (non-hydrogen) atoms. The van der Waals surface area contributed by atoms with Gasteiger partial charge in [-0.25, -0.2) is 0 Å². The number of aromatic nitrogens is 1. The Bertz CT molecular complexity index is 1020. The molecule has 2 aliphatic heterocycles. The Kier molecular flexibility index (Phi) is 5.90. The zero-order valence-corrected chi connectivity index (χ0v) is 17.6. The molecule has 1 saturated heterocycles.